The van der Waals surface area contributed by atoms with Gasteiger partial charge in [0.15, 0.2) is 0 Å². The Kier molecular flexibility index (Phi) is 5.93. The third kappa shape index (κ3) is 4.13. The number of rotatable bonds is 5. The van der Waals surface area contributed by atoms with Gasteiger partial charge in [-0.1, -0.05) is 29.8 Å². The number of para-hydroxylation sites is 1. The fourth-order valence-electron chi connectivity index (χ4n) is 3.52. The first-order valence-electron chi connectivity index (χ1n) is 9.59. The molecule has 0 aliphatic heterocycles. The molecule has 0 aliphatic carbocycles. The fraction of sp³-hybridized carbons (Fsp3) is 0.167. The van der Waals surface area contributed by atoms with Crippen LogP contribution in [0, 0.1) is 13.8 Å². The number of fused-ring (bicyclic) bond motifs is 1. The second kappa shape index (κ2) is 8.62. The molecule has 0 atom stereocenters. The maximum atomic E-state index is 13.2. The minimum atomic E-state index is -0.0890. The van der Waals surface area contributed by atoms with Crippen LogP contribution in [0.15, 0.2) is 69.9 Å². The molecule has 0 unspecified atom stereocenters. The van der Waals surface area contributed by atoms with Crippen molar-refractivity contribution >= 4 is 38.4 Å². The lowest BCUT2D eigenvalue weighted by molar-refractivity contribution is 0.293. The van der Waals surface area contributed by atoms with Crippen LogP contribution in [-0.4, -0.2) is 16.2 Å². The summed E-state index contributed by atoms with van der Waals surface area (Å²) >= 11 is 9.61. The molecule has 0 saturated carbocycles. The number of ether oxygens (including phenoxy) is 1. The van der Waals surface area contributed by atoms with Crippen LogP contribution in [0.2, 0.25) is 5.02 Å². The highest BCUT2D eigenvalue weighted by Crippen LogP contribution is 2.30. The molecule has 0 bridgehead atoms. The van der Waals surface area contributed by atoms with Crippen molar-refractivity contribution < 1.29 is 4.74 Å². The van der Waals surface area contributed by atoms with E-state index in [0.29, 0.717) is 34.9 Å². The predicted molar refractivity (Wildman–Crippen MR) is 126 cm³/mol. The first kappa shape index (κ1) is 20.6. The largest absolute Gasteiger partial charge is 0.490 e. The van der Waals surface area contributed by atoms with E-state index in [4.69, 9.17) is 21.3 Å². The molecule has 0 fully saturated rings. The molecule has 1 heterocycles. The Morgan fingerprint density at radius 2 is 1.80 bits per heavy atom. The zero-order valence-corrected chi connectivity index (χ0v) is 19.0. The molecule has 4 aromatic rings. The van der Waals surface area contributed by atoms with E-state index in [1.54, 1.807) is 22.8 Å². The van der Waals surface area contributed by atoms with E-state index in [9.17, 15) is 4.79 Å². The third-order valence-electron chi connectivity index (χ3n) is 4.90. The summed E-state index contributed by atoms with van der Waals surface area (Å²) in [4.78, 5) is 18.0. The predicted octanol–water partition coefficient (Wildman–Crippen LogP) is 6.18. The maximum absolute atomic E-state index is 13.2. The topological polar surface area (TPSA) is 44.1 Å². The zero-order chi connectivity index (χ0) is 21.3. The van der Waals surface area contributed by atoms with Crippen molar-refractivity contribution in [1.82, 2.24) is 9.55 Å². The molecule has 4 rings (SSSR count). The molecule has 1 aromatic heterocycles. The second-order valence-electron chi connectivity index (χ2n) is 7.16. The van der Waals surface area contributed by atoms with Gasteiger partial charge in [-0.3, -0.25) is 9.36 Å². The van der Waals surface area contributed by atoms with Crippen LogP contribution in [0.25, 0.3) is 22.3 Å². The van der Waals surface area contributed by atoms with E-state index >= 15 is 0 Å². The molecular weight excluding hydrogens is 464 g/mol. The Morgan fingerprint density at radius 1 is 1.07 bits per heavy atom. The van der Waals surface area contributed by atoms with Gasteiger partial charge in [0.2, 0.25) is 0 Å². The Bertz CT molecular complexity index is 1260. The van der Waals surface area contributed by atoms with Crippen LogP contribution in [0.5, 0.6) is 5.75 Å². The Balaban J connectivity index is 1.72. The number of halogens is 2. The number of benzene rings is 3. The molecule has 0 N–H and O–H groups in total. The van der Waals surface area contributed by atoms with Gasteiger partial charge in [-0.25, -0.2) is 4.98 Å². The van der Waals surface area contributed by atoms with E-state index in [0.717, 1.165) is 26.9 Å². The molecule has 30 heavy (non-hydrogen) atoms. The summed E-state index contributed by atoms with van der Waals surface area (Å²) in [6, 6.07) is 18.8. The van der Waals surface area contributed by atoms with Gasteiger partial charge in [0.05, 0.1) is 21.9 Å². The molecular formula is C24H20BrClN2O2. The normalized spacial score (nSPS) is 11.1. The monoisotopic (exact) mass is 482 g/mol. The van der Waals surface area contributed by atoms with Crippen LogP contribution in [0.4, 0.5) is 0 Å². The summed E-state index contributed by atoms with van der Waals surface area (Å²) in [5, 5.41) is 1.22. The number of aromatic nitrogens is 2. The first-order valence-corrected chi connectivity index (χ1v) is 10.8. The third-order valence-corrected chi connectivity index (χ3v) is 5.74. The van der Waals surface area contributed by atoms with Crippen molar-refractivity contribution in [1.29, 1.82) is 0 Å². The zero-order valence-electron chi connectivity index (χ0n) is 16.7. The summed E-state index contributed by atoms with van der Waals surface area (Å²) in [5.74, 6) is 1.38. The maximum Gasteiger partial charge on any atom is 0.261 e. The van der Waals surface area contributed by atoms with Crippen molar-refractivity contribution in [3.63, 3.8) is 0 Å². The van der Waals surface area contributed by atoms with Crippen LogP contribution in [-0.2, 0) is 6.54 Å². The van der Waals surface area contributed by atoms with Crippen molar-refractivity contribution in [2.45, 2.75) is 20.4 Å². The molecule has 0 radical (unpaired) electrons. The SMILES string of the molecule is Cc1cc(C)c(OCCn2c(-c3ccc(Cl)cc3)nc3ccccc3c2=O)c(Br)c1. The minimum Gasteiger partial charge on any atom is -0.490 e. The van der Waals surface area contributed by atoms with Gasteiger partial charge in [-0.05, 0) is 83.4 Å². The van der Waals surface area contributed by atoms with E-state index in [-0.39, 0.29) is 5.56 Å². The number of hydrogen-bond acceptors (Lipinski definition) is 3. The van der Waals surface area contributed by atoms with Gasteiger partial charge in [0, 0.05) is 10.6 Å². The lowest BCUT2D eigenvalue weighted by Crippen LogP contribution is -2.26. The van der Waals surface area contributed by atoms with Gasteiger partial charge in [-0.2, -0.15) is 0 Å². The van der Waals surface area contributed by atoms with Crippen molar-refractivity contribution in [2.24, 2.45) is 0 Å². The van der Waals surface area contributed by atoms with Crippen LogP contribution in [0.1, 0.15) is 11.1 Å². The highest BCUT2D eigenvalue weighted by Gasteiger charge is 2.14. The fourth-order valence-corrected chi connectivity index (χ4v) is 4.43. The number of nitrogens with zero attached hydrogens (tertiary/aromatic N) is 2. The molecule has 4 nitrogen and oxygen atoms in total. The molecule has 6 heteroatoms. The Hall–Kier alpha value is -2.63. The number of hydrogen-bond donors (Lipinski definition) is 0. The van der Waals surface area contributed by atoms with Crippen LogP contribution >= 0.6 is 27.5 Å². The second-order valence-corrected chi connectivity index (χ2v) is 8.45. The summed E-state index contributed by atoms with van der Waals surface area (Å²) in [6.45, 7) is 4.76. The quantitative estimate of drug-likeness (QED) is 0.341. The van der Waals surface area contributed by atoms with E-state index in [1.165, 1.54) is 0 Å². The van der Waals surface area contributed by atoms with Gasteiger partial charge in [0.1, 0.15) is 18.2 Å². The first-order chi connectivity index (χ1) is 14.4. The molecule has 0 spiro atoms. The molecule has 0 aliphatic rings. The lowest BCUT2D eigenvalue weighted by Gasteiger charge is -2.16. The summed E-state index contributed by atoms with van der Waals surface area (Å²) in [7, 11) is 0. The van der Waals surface area contributed by atoms with Gasteiger partial charge in [0.25, 0.3) is 5.56 Å². The van der Waals surface area contributed by atoms with Gasteiger partial charge < -0.3 is 4.74 Å². The Labute approximate surface area is 188 Å². The van der Waals surface area contributed by atoms with Gasteiger partial charge in [-0.15, -0.1) is 0 Å². The average Bonchev–Trinajstić information content (AvgIpc) is 2.72. The van der Waals surface area contributed by atoms with Crippen molar-refractivity contribution in [3.05, 3.63) is 91.6 Å². The molecule has 3 aromatic carbocycles. The summed E-state index contributed by atoms with van der Waals surface area (Å²) in [6.07, 6.45) is 0. The van der Waals surface area contributed by atoms with Gasteiger partial charge >= 0.3 is 0 Å². The van der Waals surface area contributed by atoms with Crippen LogP contribution in [0.3, 0.4) is 0 Å². The van der Waals surface area contributed by atoms with E-state index < -0.39 is 0 Å². The Morgan fingerprint density at radius 3 is 2.53 bits per heavy atom. The smallest absolute Gasteiger partial charge is 0.261 e. The minimum absolute atomic E-state index is 0.0890. The van der Waals surface area contributed by atoms with Crippen molar-refractivity contribution in [3.8, 4) is 17.1 Å². The summed E-state index contributed by atoms with van der Waals surface area (Å²) in [5.41, 5.74) is 3.61. The van der Waals surface area contributed by atoms with Crippen molar-refractivity contribution in [2.75, 3.05) is 6.61 Å². The molecule has 152 valence electrons. The highest BCUT2D eigenvalue weighted by atomic mass is 79.9. The van der Waals surface area contributed by atoms with E-state index in [1.807, 2.05) is 50.2 Å². The highest BCUT2D eigenvalue weighted by molar-refractivity contribution is 9.10. The molecule has 0 amide bonds. The summed E-state index contributed by atoms with van der Waals surface area (Å²) < 4.78 is 8.62. The molecule has 0 saturated heterocycles. The number of aryl methyl sites for hydroxylation is 2. The standard InChI is InChI=1S/C24H20BrClN2O2/c1-15-13-16(2)22(20(25)14-15)30-12-11-28-23(17-7-9-18(26)10-8-17)27-21-6-4-3-5-19(21)24(28)29/h3-10,13-14H,11-12H2,1-2H3. The van der Waals surface area contributed by atoms with E-state index in [2.05, 4.69) is 22.0 Å². The van der Waals surface area contributed by atoms with Crippen LogP contribution < -0.4 is 10.3 Å². The lowest BCUT2D eigenvalue weighted by atomic mass is 10.1. The average molecular weight is 484 g/mol.